The maximum absolute atomic E-state index is 13.6. The number of carbonyl (C=O) groups is 1. The van der Waals surface area contributed by atoms with Crippen LogP contribution in [0.1, 0.15) is 31.0 Å². The third kappa shape index (κ3) is 4.34. The van der Waals surface area contributed by atoms with Gasteiger partial charge in [-0.1, -0.05) is 35.6 Å². The van der Waals surface area contributed by atoms with Crippen molar-refractivity contribution >= 4 is 23.4 Å². The minimum absolute atomic E-state index is 0.225. The number of thiazole rings is 1. The van der Waals surface area contributed by atoms with Crippen LogP contribution in [0.4, 0.5) is 0 Å². The predicted octanol–water partition coefficient (Wildman–Crippen LogP) is 2.82. The van der Waals surface area contributed by atoms with Gasteiger partial charge in [0.15, 0.2) is 4.80 Å². The van der Waals surface area contributed by atoms with Crippen molar-refractivity contribution < 1.29 is 19.0 Å². The molecule has 1 aliphatic heterocycles. The summed E-state index contributed by atoms with van der Waals surface area (Å²) in [5, 5.41) is 0. The molecule has 2 heterocycles. The molecule has 170 valence electrons. The largest absolute Gasteiger partial charge is 0.497 e. The highest BCUT2D eigenvalue weighted by molar-refractivity contribution is 7.07. The van der Waals surface area contributed by atoms with Crippen molar-refractivity contribution in [3.8, 4) is 11.5 Å². The summed E-state index contributed by atoms with van der Waals surface area (Å²) in [6, 6.07) is 14.1. The summed E-state index contributed by atoms with van der Waals surface area (Å²) in [5.74, 6) is 0.900. The molecule has 0 amide bonds. The van der Waals surface area contributed by atoms with Crippen molar-refractivity contribution in [2.75, 3.05) is 20.8 Å². The van der Waals surface area contributed by atoms with Gasteiger partial charge in [0.1, 0.15) is 11.5 Å². The molecule has 4 rings (SSSR count). The molecule has 3 aromatic rings. The first-order valence-corrected chi connectivity index (χ1v) is 11.3. The monoisotopic (exact) mass is 464 g/mol. The molecule has 33 heavy (non-hydrogen) atoms. The first-order chi connectivity index (χ1) is 16.0. The van der Waals surface area contributed by atoms with Gasteiger partial charge >= 0.3 is 5.97 Å². The number of methoxy groups -OCH3 is 2. The standard InChI is InChI=1S/C25H24N2O5S/c1-5-32-24(29)21-15(2)26-25-27(22(21)17-9-11-18(30-3)12-10-17)23(28)20(33-25)14-16-7-6-8-19(13-16)31-4/h6-14,22H,5H2,1-4H3/b20-14-/t22-/m1/s1. The molecule has 0 aliphatic carbocycles. The first kappa shape index (κ1) is 22.5. The normalized spacial score (nSPS) is 15.6. The molecule has 0 bridgehead atoms. The van der Waals surface area contributed by atoms with Gasteiger partial charge in [-0.25, -0.2) is 9.79 Å². The molecule has 0 saturated heterocycles. The van der Waals surface area contributed by atoms with E-state index in [-0.39, 0.29) is 12.2 Å². The molecule has 2 aromatic carbocycles. The van der Waals surface area contributed by atoms with Crippen LogP contribution in [0.25, 0.3) is 6.08 Å². The highest BCUT2D eigenvalue weighted by Gasteiger charge is 2.33. The summed E-state index contributed by atoms with van der Waals surface area (Å²) in [4.78, 5) is 31.6. The van der Waals surface area contributed by atoms with Crippen LogP contribution in [-0.2, 0) is 9.53 Å². The number of hydrogen-bond donors (Lipinski definition) is 0. The van der Waals surface area contributed by atoms with Crippen LogP contribution < -0.4 is 24.4 Å². The van der Waals surface area contributed by atoms with Crippen LogP contribution in [0, 0.1) is 0 Å². The van der Waals surface area contributed by atoms with E-state index in [1.807, 2.05) is 36.4 Å². The van der Waals surface area contributed by atoms with Gasteiger partial charge < -0.3 is 14.2 Å². The lowest BCUT2D eigenvalue weighted by atomic mass is 9.96. The highest BCUT2D eigenvalue weighted by Crippen LogP contribution is 2.31. The molecular formula is C25H24N2O5S. The highest BCUT2D eigenvalue weighted by atomic mass is 32.1. The quantitative estimate of drug-likeness (QED) is 0.524. The van der Waals surface area contributed by atoms with Crippen molar-refractivity contribution in [1.29, 1.82) is 0 Å². The van der Waals surface area contributed by atoms with Crippen molar-refractivity contribution in [1.82, 2.24) is 4.57 Å². The zero-order valence-corrected chi connectivity index (χ0v) is 19.6. The lowest BCUT2D eigenvalue weighted by molar-refractivity contribution is -0.139. The molecule has 0 fully saturated rings. The van der Waals surface area contributed by atoms with Gasteiger partial charge in [-0.05, 0) is 55.3 Å². The average molecular weight is 465 g/mol. The molecule has 0 radical (unpaired) electrons. The molecule has 0 unspecified atom stereocenters. The van der Waals surface area contributed by atoms with Gasteiger partial charge in [-0.2, -0.15) is 0 Å². The fourth-order valence-electron chi connectivity index (χ4n) is 3.78. The Balaban J connectivity index is 1.93. The van der Waals surface area contributed by atoms with Gasteiger partial charge in [-0.15, -0.1) is 0 Å². The summed E-state index contributed by atoms with van der Waals surface area (Å²) in [6.45, 7) is 3.74. The number of allylic oxidation sites excluding steroid dienone is 1. The number of ether oxygens (including phenoxy) is 3. The van der Waals surface area contributed by atoms with E-state index in [1.165, 1.54) is 11.3 Å². The second-order valence-electron chi connectivity index (χ2n) is 7.35. The third-order valence-corrected chi connectivity index (χ3v) is 6.32. The molecule has 8 heteroatoms. The number of rotatable bonds is 6. The van der Waals surface area contributed by atoms with Crippen molar-refractivity contribution in [2.24, 2.45) is 4.99 Å². The van der Waals surface area contributed by atoms with Crippen LogP contribution >= 0.6 is 11.3 Å². The summed E-state index contributed by atoms with van der Waals surface area (Å²) in [5.41, 5.74) is 2.26. The zero-order chi connectivity index (χ0) is 23.5. The van der Waals surface area contributed by atoms with Crippen LogP contribution in [0.5, 0.6) is 11.5 Å². The maximum Gasteiger partial charge on any atom is 0.338 e. The van der Waals surface area contributed by atoms with E-state index in [9.17, 15) is 9.59 Å². The Morgan fingerprint density at radius 1 is 1.12 bits per heavy atom. The summed E-state index contributed by atoms with van der Waals surface area (Å²) < 4.78 is 18.0. The number of carbonyl (C=O) groups excluding carboxylic acids is 1. The minimum atomic E-state index is -0.654. The van der Waals surface area contributed by atoms with Gasteiger partial charge in [0, 0.05) is 0 Å². The number of aromatic nitrogens is 1. The van der Waals surface area contributed by atoms with Crippen LogP contribution in [0.15, 0.2) is 69.6 Å². The Morgan fingerprint density at radius 2 is 1.85 bits per heavy atom. The number of hydrogen-bond acceptors (Lipinski definition) is 7. The predicted molar refractivity (Wildman–Crippen MR) is 126 cm³/mol. The topological polar surface area (TPSA) is 79.1 Å². The summed E-state index contributed by atoms with van der Waals surface area (Å²) in [6.07, 6.45) is 1.81. The van der Waals surface area contributed by atoms with E-state index in [4.69, 9.17) is 14.2 Å². The fraction of sp³-hybridized carbons (Fsp3) is 0.240. The van der Waals surface area contributed by atoms with E-state index in [2.05, 4.69) is 4.99 Å². The molecule has 0 spiro atoms. The Morgan fingerprint density at radius 3 is 2.52 bits per heavy atom. The lowest BCUT2D eigenvalue weighted by Crippen LogP contribution is -2.39. The summed E-state index contributed by atoms with van der Waals surface area (Å²) >= 11 is 1.28. The van der Waals surface area contributed by atoms with E-state index in [0.29, 0.717) is 32.1 Å². The second kappa shape index (κ2) is 9.46. The number of benzene rings is 2. The van der Waals surface area contributed by atoms with Gasteiger partial charge in [-0.3, -0.25) is 9.36 Å². The van der Waals surface area contributed by atoms with Crippen molar-refractivity contribution in [3.63, 3.8) is 0 Å². The van der Waals surface area contributed by atoms with E-state index in [1.54, 1.807) is 50.8 Å². The Bertz CT molecular complexity index is 1400. The molecule has 0 N–H and O–H groups in total. The Labute approximate surface area is 194 Å². The van der Waals surface area contributed by atoms with Crippen LogP contribution in [0.3, 0.4) is 0 Å². The van der Waals surface area contributed by atoms with E-state index in [0.717, 1.165) is 11.1 Å². The van der Waals surface area contributed by atoms with Gasteiger partial charge in [0.05, 0.1) is 42.7 Å². The zero-order valence-electron chi connectivity index (χ0n) is 18.8. The van der Waals surface area contributed by atoms with Gasteiger partial charge in [0.25, 0.3) is 5.56 Å². The fourth-order valence-corrected chi connectivity index (χ4v) is 4.82. The van der Waals surface area contributed by atoms with E-state index < -0.39 is 12.0 Å². The smallest absolute Gasteiger partial charge is 0.338 e. The van der Waals surface area contributed by atoms with Crippen molar-refractivity contribution in [3.05, 3.63) is 90.6 Å². The SMILES string of the molecule is CCOC(=O)C1=C(C)N=c2s/c(=C\c3cccc(OC)c3)c(=O)n2[C@@H]1c1ccc(OC)cc1. The van der Waals surface area contributed by atoms with E-state index >= 15 is 0 Å². The molecule has 1 aliphatic rings. The maximum atomic E-state index is 13.6. The number of nitrogens with zero attached hydrogens (tertiary/aromatic N) is 2. The van der Waals surface area contributed by atoms with Crippen LogP contribution in [-0.4, -0.2) is 31.4 Å². The number of fused-ring (bicyclic) bond motifs is 1. The first-order valence-electron chi connectivity index (χ1n) is 10.4. The molecular weight excluding hydrogens is 440 g/mol. The molecule has 0 saturated carbocycles. The summed E-state index contributed by atoms with van der Waals surface area (Å²) in [7, 11) is 3.19. The lowest BCUT2D eigenvalue weighted by Gasteiger charge is -2.24. The molecule has 1 atom stereocenters. The third-order valence-electron chi connectivity index (χ3n) is 5.34. The second-order valence-corrected chi connectivity index (χ2v) is 8.36. The average Bonchev–Trinajstić information content (AvgIpc) is 3.12. The van der Waals surface area contributed by atoms with Crippen molar-refractivity contribution in [2.45, 2.75) is 19.9 Å². The Kier molecular flexibility index (Phi) is 6.46. The molecule has 1 aromatic heterocycles. The molecule has 7 nitrogen and oxygen atoms in total. The minimum Gasteiger partial charge on any atom is -0.497 e. The van der Waals surface area contributed by atoms with Crippen LogP contribution in [0.2, 0.25) is 0 Å². The Hall–Kier alpha value is -3.65. The number of esters is 1. The van der Waals surface area contributed by atoms with Gasteiger partial charge in [0.2, 0.25) is 0 Å².